The molecule has 1 fully saturated rings. The van der Waals surface area contributed by atoms with Gasteiger partial charge in [-0.25, -0.2) is 4.98 Å². The second-order valence-electron chi connectivity index (χ2n) is 9.31. The minimum Gasteiger partial charge on any atom is -0.497 e. The van der Waals surface area contributed by atoms with Crippen LogP contribution in [0.3, 0.4) is 0 Å². The van der Waals surface area contributed by atoms with Gasteiger partial charge in [-0.1, -0.05) is 24.3 Å². The minimum atomic E-state index is 0.0856. The standard InChI is InChI=1S/C28H32N4O3/c1-20-7-6-8-23(17-20)35-27-24-19-32(26(33)18-21-9-11-22(34-2)12-10-21)16-13-25(24)29-28(30-27)31-14-4-3-5-15-31/h6-12,17H,3-5,13-16,18-19H2,1-2H3. The maximum absolute atomic E-state index is 13.2. The summed E-state index contributed by atoms with van der Waals surface area (Å²) in [6.07, 6.45) is 4.60. The number of aromatic nitrogens is 2. The second-order valence-corrected chi connectivity index (χ2v) is 9.31. The van der Waals surface area contributed by atoms with Crippen LogP contribution in [0.5, 0.6) is 17.4 Å². The van der Waals surface area contributed by atoms with Gasteiger partial charge in [0.05, 0.1) is 31.3 Å². The number of hydrogen-bond acceptors (Lipinski definition) is 6. The Morgan fingerprint density at radius 1 is 0.971 bits per heavy atom. The smallest absolute Gasteiger partial charge is 0.229 e. The van der Waals surface area contributed by atoms with E-state index < -0.39 is 0 Å². The molecule has 2 aliphatic heterocycles. The third-order valence-electron chi connectivity index (χ3n) is 6.72. The summed E-state index contributed by atoms with van der Waals surface area (Å²) in [6, 6.07) is 15.6. The lowest BCUT2D eigenvalue weighted by Gasteiger charge is -2.32. The van der Waals surface area contributed by atoms with Crippen molar-refractivity contribution in [1.82, 2.24) is 14.9 Å². The van der Waals surface area contributed by atoms with Gasteiger partial charge >= 0.3 is 0 Å². The topological polar surface area (TPSA) is 67.8 Å². The van der Waals surface area contributed by atoms with Crippen LogP contribution in [0.15, 0.2) is 48.5 Å². The van der Waals surface area contributed by atoms with Gasteiger partial charge in [0.25, 0.3) is 0 Å². The Balaban J connectivity index is 1.40. The number of hydrogen-bond donors (Lipinski definition) is 0. The molecule has 7 heteroatoms. The molecule has 35 heavy (non-hydrogen) atoms. The zero-order chi connectivity index (χ0) is 24.2. The minimum absolute atomic E-state index is 0.0856. The molecule has 2 aromatic carbocycles. The number of ether oxygens (including phenoxy) is 2. The first kappa shape index (κ1) is 23.1. The number of nitrogens with zero attached hydrogens (tertiary/aromatic N) is 4. The van der Waals surface area contributed by atoms with Crippen molar-refractivity contribution in [1.29, 1.82) is 0 Å². The number of amides is 1. The predicted octanol–water partition coefficient (Wildman–Crippen LogP) is 4.70. The molecule has 0 radical (unpaired) electrons. The van der Waals surface area contributed by atoms with Crippen LogP contribution in [0.25, 0.3) is 0 Å². The average Bonchev–Trinajstić information content (AvgIpc) is 2.89. The molecule has 3 aromatic rings. The highest BCUT2D eigenvalue weighted by atomic mass is 16.5. The highest BCUT2D eigenvalue weighted by Crippen LogP contribution is 2.32. The molecule has 0 aliphatic carbocycles. The summed E-state index contributed by atoms with van der Waals surface area (Å²) in [4.78, 5) is 27.1. The molecule has 2 aliphatic rings. The van der Waals surface area contributed by atoms with Crippen LogP contribution in [-0.2, 0) is 24.2 Å². The Morgan fingerprint density at radius 2 is 1.77 bits per heavy atom. The number of carbonyl (C=O) groups is 1. The van der Waals surface area contributed by atoms with E-state index in [4.69, 9.17) is 19.4 Å². The SMILES string of the molecule is COc1ccc(CC(=O)N2CCc3nc(N4CCCCC4)nc(Oc4cccc(C)c4)c3C2)cc1. The van der Waals surface area contributed by atoms with Crippen molar-refractivity contribution in [3.05, 3.63) is 70.9 Å². The first-order valence-corrected chi connectivity index (χ1v) is 12.4. The molecule has 7 nitrogen and oxygen atoms in total. The van der Waals surface area contributed by atoms with Gasteiger partial charge in [0.1, 0.15) is 11.5 Å². The van der Waals surface area contributed by atoms with Gasteiger partial charge in [0.2, 0.25) is 17.7 Å². The van der Waals surface area contributed by atoms with E-state index in [0.29, 0.717) is 31.8 Å². The number of piperidine rings is 1. The van der Waals surface area contributed by atoms with Crippen LogP contribution in [-0.4, -0.2) is 47.5 Å². The molecule has 0 saturated carbocycles. The van der Waals surface area contributed by atoms with Crippen LogP contribution >= 0.6 is 0 Å². The van der Waals surface area contributed by atoms with E-state index in [1.165, 1.54) is 6.42 Å². The fourth-order valence-corrected chi connectivity index (χ4v) is 4.72. The number of methoxy groups -OCH3 is 1. The van der Waals surface area contributed by atoms with Crippen molar-refractivity contribution in [2.45, 2.75) is 45.6 Å². The van der Waals surface area contributed by atoms with Crippen molar-refractivity contribution in [2.24, 2.45) is 0 Å². The zero-order valence-electron chi connectivity index (χ0n) is 20.5. The lowest BCUT2D eigenvalue weighted by Crippen LogP contribution is -2.38. The first-order chi connectivity index (χ1) is 17.1. The summed E-state index contributed by atoms with van der Waals surface area (Å²) in [5.74, 6) is 2.92. The van der Waals surface area contributed by atoms with Gasteiger partial charge in [-0.15, -0.1) is 0 Å². The fraction of sp³-hybridized carbons (Fsp3) is 0.393. The molecule has 0 atom stereocenters. The van der Waals surface area contributed by atoms with E-state index >= 15 is 0 Å². The summed E-state index contributed by atoms with van der Waals surface area (Å²) in [5.41, 5.74) is 3.98. The van der Waals surface area contributed by atoms with Crippen molar-refractivity contribution >= 4 is 11.9 Å². The molecule has 0 bridgehead atoms. The number of aryl methyl sites for hydroxylation is 1. The van der Waals surface area contributed by atoms with Crippen molar-refractivity contribution < 1.29 is 14.3 Å². The van der Waals surface area contributed by atoms with Crippen LogP contribution < -0.4 is 14.4 Å². The molecule has 1 saturated heterocycles. The molecule has 5 rings (SSSR count). The lowest BCUT2D eigenvalue weighted by atomic mass is 10.0. The normalized spacial score (nSPS) is 15.5. The van der Waals surface area contributed by atoms with Gasteiger partial charge in [0, 0.05) is 26.1 Å². The Hall–Kier alpha value is -3.61. The number of benzene rings is 2. The number of rotatable bonds is 6. The fourth-order valence-electron chi connectivity index (χ4n) is 4.72. The highest BCUT2D eigenvalue weighted by Gasteiger charge is 2.28. The second kappa shape index (κ2) is 10.3. The molecular formula is C28H32N4O3. The molecule has 3 heterocycles. The van der Waals surface area contributed by atoms with Crippen molar-refractivity contribution in [2.75, 3.05) is 31.6 Å². The molecule has 1 aromatic heterocycles. The quantitative estimate of drug-likeness (QED) is 0.518. The van der Waals surface area contributed by atoms with E-state index in [2.05, 4.69) is 4.90 Å². The molecule has 182 valence electrons. The van der Waals surface area contributed by atoms with E-state index in [1.54, 1.807) is 7.11 Å². The highest BCUT2D eigenvalue weighted by molar-refractivity contribution is 5.79. The van der Waals surface area contributed by atoms with Crippen LogP contribution in [0.1, 0.15) is 41.6 Å². The summed E-state index contributed by atoms with van der Waals surface area (Å²) in [5, 5.41) is 0. The predicted molar refractivity (Wildman–Crippen MR) is 135 cm³/mol. The molecular weight excluding hydrogens is 440 g/mol. The summed E-state index contributed by atoms with van der Waals surface area (Å²) in [6.45, 7) is 5.07. The Bertz CT molecular complexity index is 1190. The Kier molecular flexibility index (Phi) is 6.84. The number of carbonyl (C=O) groups excluding carboxylic acids is 1. The van der Waals surface area contributed by atoms with Crippen LogP contribution in [0.2, 0.25) is 0 Å². The molecule has 0 unspecified atom stereocenters. The zero-order valence-corrected chi connectivity index (χ0v) is 20.5. The van der Waals surface area contributed by atoms with Gasteiger partial charge in [-0.05, 0) is 61.6 Å². The summed E-state index contributed by atoms with van der Waals surface area (Å²) in [7, 11) is 1.64. The largest absolute Gasteiger partial charge is 0.497 e. The Labute approximate surface area is 206 Å². The average molecular weight is 473 g/mol. The van der Waals surface area contributed by atoms with Crippen LogP contribution in [0.4, 0.5) is 5.95 Å². The maximum atomic E-state index is 13.2. The monoisotopic (exact) mass is 472 g/mol. The van der Waals surface area contributed by atoms with E-state index in [1.807, 2.05) is 60.4 Å². The van der Waals surface area contributed by atoms with Crippen molar-refractivity contribution in [3.8, 4) is 17.4 Å². The number of fused-ring (bicyclic) bond motifs is 1. The van der Waals surface area contributed by atoms with Gasteiger partial charge in [-0.3, -0.25) is 4.79 Å². The van der Waals surface area contributed by atoms with E-state index in [9.17, 15) is 4.79 Å². The third-order valence-corrected chi connectivity index (χ3v) is 6.72. The van der Waals surface area contributed by atoms with Gasteiger partial charge < -0.3 is 19.3 Å². The van der Waals surface area contributed by atoms with Gasteiger partial charge in [0.15, 0.2) is 0 Å². The van der Waals surface area contributed by atoms with Crippen LogP contribution in [0, 0.1) is 6.92 Å². The summed E-state index contributed by atoms with van der Waals surface area (Å²) < 4.78 is 11.6. The summed E-state index contributed by atoms with van der Waals surface area (Å²) >= 11 is 0. The number of anilines is 1. The lowest BCUT2D eigenvalue weighted by molar-refractivity contribution is -0.131. The van der Waals surface area contributed by atoms with Crippen molar-refractivity contribution in [3.63, 3.8) is 0 Å². The third kappa shape index (κ3) is 5.39. The molecule has 0 spiro atoms. The van der Waals surface area contributed by atoms with E-state index in [0.717, 1.165) is 65.8 Å². The van der Waals surface area contributed by atoms with Gasteiger partial charge in [-0.2, -0.15) is 4.98 Å². The maximum Gasteiger partial charge on any atom is 0.229 e. The van der Waals surface area contributed by atoms with E-state index in [-0.39, 0.29) is 5.91 Å². The molecule has 0 N–H and O–H groups in total. The Morgan fingerprint density at radius 3 is 2.51 bits per heavy atom. The first-order valence-electron chi connectivity index (χ1n) is 12.4. The molecule has 1 amide bonds.